The van der Waals surface area contributed by atoms with E-state index in [0.717, 1.165) is 25.7 Å². The van der Waals surface area contributed by atoms with Crippen molar-refractivity contribution in [2.45, 2.75) is 56.6 Å². The molecular weight excluding hydrogens is 342 g/mol. The number of hydrogen-bond donors (Lipinski definition) is 2. The van der Waals surface area contributed by atoms with Crippen molar-refractivity contribution >= 4 is 26.0 Å². The molecule has 0 aromatic heterocycles. The van der Waals surface area contributed by atoms with Crippen LogP contribution in [-0.2, 0) is 16.6 Å². The van der Waals surface area contributed by atoms with Crippen molar-refractivity contribution in [2.75, 3.05) is 0 Å². The molecule has 1 aromatic rings. The Kier molecular flexibility index (Phi) is 4.59. The zero-order chi connectivity index (χ0) is 15.0. The summed E-state index contributed by atoms with van der Waals surface area (Å²) in [5.41, 5.74) is 0.892. The first kappa shape index (κ1) is 15.9. The van der Waals surface area contributed by atoms with Crippen LogP contribution in [0.5, 0.6) is 0 Å². The maximum absolute atomic E-state index is 12.6. The van der Waals surface area contributed by atoms with Gasteiger partial charge in [0.1, 0.15) is 0 Å². The Hall–Kier alpha value is -0.430. The molecule has 1 aliphatic rings. The van der Waals surface area contributed by atoms with Crippen LogP contribution in [0.3, 0.4) is 0 Å². The van der Waals surface area contributed by atoms with Crippen LogP contribution in [0.4, 0.5) is 0 Å². The van der Waals surface area contributed by atoms with E-state index >= 15 is 0 Å². The van der Waals surface area contributed by atoms with E-state index in [4.69, 9.17) is 0 Å². The van der Waals surface area contributed by atoms with Gasteiger partial charge in [0.25, 0.3) is 0 Å². The normalized spacial score (nSPS) is 18.4. The highest BCUT2D eigenvalue weighted by Gasteiger charge is 2.34. The summed E-state index contributed by atoms with van der Waals surface area (Å²) >= 11 is 3.35. The first-order valence-electron chi connectivity index (χ1n) is 6.71. The first-order valence-corrected chi connectivity index (χ1v) is 8.99. The maximum Gasteiger partial charge on any atom is 0.241 e. The van der Waals surface area contributed by atoms with E-state index in [-0.39, 0.29) is 17.0 Å². The molecule has 1 saturated carbocycles. The van der Waals surface area contributed by atoms with Crippen molar-refractivity contribution in [3.8, 4) is 0 Å². The van der Waals surface area contributed by atoms with Crippen molar-refractivity contribution in [2.24, 2.45) is 0 Å². The van der Waals surface area contributed by atoms with Gasteiger partial charge >= 0.3 is 0 Å². The molecule has 0 saturated heterocycles. The summed E-state index contributed by atoms with van der Waals surface area (Å²) in [5.74, 6) is 0. The quantitative estimate of drug-likeness (QED) is 0.866. The number of aliphatic hydroxyl groups is 1. The average molecular weight is 362 g/mol. The van der Waals surface area contributed by atoms with Gasteiger partial charge in [0.2, 0.25) is 10.0 Å². The zero-order valence-corrected chi connectivity index (χ0v) is 14.1. The Morgan fingerprint density at radius 2 is 1.95 bits per heavy atom. The van der Waals surface area contributed by atoms with Crippen molar-refractivity contribution in [1.82, 2.24) is 4.72 Å². The van der Waals surface area contributed by atoms with Gasteiger partial charge in [-0.2, -0.15) is 0 Å². The van der Waals surface area contributed by atoms with E-state index in [9.17, 15) is 13.5 Å². The SMILES string of the molecule is Cc1c(Br)cc(CO)cc1S(=O)(=O)NC1(C)CCCC1. The van der Waals surface area contributed by atoms with E-state index in [1.54, 1.807) is 19.1 Å². The van der Waals surface area contributed by atoms with Crippen LogP contribution in [0, 0.1) is 6.92 Å². The van der Waals surface area contributed by atoms with Crippen molar-refractivity contribution in [1.29, 1.82) is 0 Å². The van der Waals surface area contributed by atoms with Crippen LogP contribution in [0.2, 0.25) is 0 Å². The predicted octanol–water partition coefficient (Wildman–Crippen LogP) is 2.86. The molecule has 1 aliphatic carbocycles. The Balaban J connectivity index is 2.41. The molecule has 0 aliphatic heterocycles. The molecule has 20 heavy (non-hydrogen) atoms. The summed E-state index contributed by atoms with van der Waals surface area (Å²) in [7, 11) is -3.58. The van der Waals surface area contributed by atoms with Gasteiger partial charge in [-0.05, 0) is 49.9 Å². The fourth-order valence-corrected chi connectivity index (χ4v) is 5.14. The second-order valence-corrected chi connectivity index (χ2v) is 8.24. The third kappa shape index (κ3) is 3.24. The Morgan fingerprint density at radius 1 is 1.35 bits per heavy atom. The second-order valence-electron chi connectivity index (χ2n) is 5.73. The average Bonchev–Trinajstić information content (AvgIpc) is 2.77. The zero-order valence-electron chi connectivity index (χ0n) is 11.7. The van der Waals surface area contributed by atoms with Gasteiger partial charge in [-0.1, -0.05) is 28.8 Å². The van der Waals surface area contributed by atoms with Crippen LogP contribution >= 0.6 is 15.9 Å². The van der Waals surface area contributed by atoms with Gasteiger partial charge in [-0.3, -0.25) is 0 Å². The lowest BCUT2D eigenvalue weighted by atomic mass is 10.0. The number of hydrogen-bond acceptors (Lipinski definition) is 3. The van der Waals surface area contributed by atoms with Gasteiger partial charge < -0.3 is 5.11 Å². The molecule has 6 heteroatoms. The molecule has 112 valence electrons. The van der Waals surface area contributed by atoms with Crippen molar-refractivity contribution < 1.29 is 13.5 Å². The summed E-state index contributed by atoms with van der Waals surface area (Å²) < 4.78 is 28.8. The topological polar surface area (TPSA) is 66.4 Å². The number of nitrogens with one attached hydrogen (secondary N) is 1. The summed E-state index contributed by atoms with van der Waals surface area (Å²) in [4.78, 5) is 0.240. The minimum atomic E-state index is -3.58. The van der Waals surface area contributed by atoms with Crippen molar-refractivity contribution in [3.05, 3.63) is 27.7 Å². The van der Waals surface area contributed by atoms with E-state index in [0.29, 0.717) is 15.6 Å². The highest BCUT2D eigenvalue weighted by Crippen LogP contribution is 2.32. The van der Waals surface area contributed by atoms with Crippen LogP contribution in [0.1, 0.15) is 43.7 Å². The molecular formula is C14H20BrNO3S. The van der Waals surface area contributed by atoms with E-state index < -0.39 is 10.0 Å². The van der Waals surface area contributed by atoms with Gasteiger partial charge in [0.15, 0.2) is 0 Å². The van der Waals surface area contributed by atoms with Gasteiger partial charge in [-0.15, -0.1) is 0 Å². The molecule has 0 amide bonds. The molecule has 0 unspecified atom stereocenters. The lowest BCUT2D eigenvalue weighted by molar-refractivity contribution is 0.281. The number of sulfonamides is 1. The molecule has 0 spiro atoms. The maximum atomic E-state index is 12.6. The summed E-state index contributed by atoms with van der Waals surface area (Å²) in [5, 5.41) is 9.24. The lowest BCUT2D eigenvalue weighted by Crippen LogP contribution is -2.43. The Labute approximate surface area is 128 Å². The molecule has 0 heterocycles. The van der Waals surface area contributed by atoms with Gasteiger partial charge in [0.05, 0.1) is 11.5 Å². The highest BCUT2D eigenvalue weighted by atomic mass is 79.9. The molecule has 2 N–H and O–H groups in total. The minimum Gasteiger partial charge on any atom is -0.392 e. The van der Waals surface area contributed by atoms with Crippen LogP contribution < -0.4 is 4.72 Å². The minimum absolute atomic E-state index is 0.182. The van der Waals surface area contributed by atoms with E-state index in [1.807, 2.05) is 6.92 Å². The number of aliphatic hydroxyl groups excluding tert-OH is 1. The largest absolute Gasteiger partial charge is 0.392 e. The molecule has 0 radical (unpaired) electrons. The summed E-state index contributed by atoms with van der Waals surface area (Å²) in [6, 6.07) is 3.28. The molecule has 2 rings (SSSR count). The third-order valence-electron chi connectivity index (χ3n) is 3.92. The lowest BCUT2D eigenvalue weighted by Gasteiger charge is -2.25. The third-order valence-corrected chi connectivity index (χ3v) is 6.50. The molecule has 4 nitrogen and oxygen atoms in total. The van der Waals surface area contributed by atoms with Crippen LogP contribution in [0.25, 0.3) is 0 Å². The molecule has 0 bridgehead atoms. The molecule has 0 atom stereocenters. The summed E-state index contributed by atoms with van der Waals surface area (Å²) in [6.07, 6.45) is 3.84. The Morgan fingerprint density at radius 3 is 2.50 bits per heavy atom. The molecule has 1 fully saturated rings. The van der Waals surface area contributed by atoms with Crippen LogP contribution in [-0.4, -0.2) is 19.1 Å². The smallest absolute Gasteiger partial charge is 0.241 e. The Bertz CT molecular complexity index is 607. The fourth-order valence-electron chi connectivity index (χ4n) is 2.71. The molecule has 1 aromatic carbocycles. The van der Waals surface area contributed by atoms with Crippen molar-refractivity contribution in [3.63, 3.8) is 0 Å². The number of benzene rings is 1. The monoisotopic (exact) mass is 361 g/mol. The van der Waals surface area contributed by atoms with Gasteiger partial charge in [-0.25, -0.2) is 13.1 Å². The van der Waals surface area contributed by atoms with E-state index in [1.165, 1.54) is 0 Å². The standard InChI is InChI=1S/C14H20BrNO3S/c1-10-12(15)7-11(9-17)8-13(10)20(18,19)16-14(2)5-3-4-6-14/h7-8,16-17H,3-6,9H2,1-2H3. The highest BCUT2D eigenvalue weighted by molar-refractivity contribution is 9.10. The second kappa shape index (κ2) is 5.75. The number of halogens is 1. The first-order chi connectivity index (χ1) is 9.27. The predicted molar refractivity (Wildman–Crippen MR) is 82.0 cm³/mol. The van der Waals surface area contributed by atoms with Gasteiger partial charge in [0, 0.05) is 10.0 Å². The fraction of sp³-hybridized carbons (Fsp3) is 0.571. The number of rotatable bonds is 4. The van der Waals surface area contributed by atoms with Crippen LogP contribution in [0.15, 0.2) is 21.5 Å². The summed E-state index contributed by atoms with van der Waals surface area (Å²) in [6.45, 7) is 3.53. The van der Waals surface area contributed by atoms with E-state index in [2.05, 4.69) is 20.7 Å².